The lowest BCUT2D eigenvalue weighted by atomic mass is 10.0. The summed E-state index contributed by atoms with van der Waals surface area (Å²) in [4.78, 5) is 16.1. The van der Waals surface area contributed by atoms with Crippen LogP contribution in [-0.4, -0.2) is 32.4 Å². The van der Waals surface area contributed by atoms with Gasteiger partial charge in [0.05, 0.1) is 36.8 Å². The number of benzene rings is 3. The van der Waals surface area contributed by atoms with Crippen molar-refractivity contribution in [2.75, 3.05) is 12.4 Å². The number of hydrogen-bond acceptors (Lipinski definition) is 3. The van der Waals surface area contributed by atoms with Gasteiger partial charge in [0.25, 0.3) is 0 Å². The first kappa shape index (κ1) is 24.6. The predicted octanol–water partition coefficient (Wildman–Crippen LogP) is 6.73. The molecule has 3 aromatic carbocycles. The van der Waals surface area contributed by atoms with E-state index in [9.17, 15) is 4.79 Å². The van der Waals surface area contributed by atoms with E-state index in [-0.39, 0.29) is 12.1 Å². The summed E-state index contributed by atoms with van der Waals surface area (Å²) in [5.74, 6) is 1.68. The maximum absolute atomic E-state index is 14.2. The maximum Gasteiger partial charge on any atom is 0.322 e. The van der Waals surface area contributed by atoms with Crippen LogP contribution in [0.1, 0.15) is 39.7 Å². The SMILES string of the molecule is COc1cccc(C2c3cccn3-c3c(c(C)nn3-c3ccccc3)CN2C(=O)Nc2ccc(C)cc2C)c1. The Morgan fingerprint density at radius 1 is 0.949 bits per heavy atom. The van der Waals surface area contributed by atoms with Crippen LogP contribution in [0.25, 0.3) is 11.5 Å². The molecule has 0 aliphatic carbocycles. The number of urea groups is 1. The molecule has 1 N–H and O–H groups in total. The lowest BCUT2D eigenvalue weighted by Gasteiger charge is -2.31. The highest BCUT2D eigenvalue weighted by Crippen LogP contribution is 2.39. The standard InChI is InChI=1S/C32H31N5O2/c1-21-15-16-28(22(2)18-21)33-32(38)36-20-27-23(3)34-37(25-11-6-5-7-12-25)31(27)35-17-9-14-29(35)30(36)24-10-8-13-26(19-24)39-4/h5-19,30H,20H2,1-4H3,(H,33,38). The van der Waals surface area contributed by atoms with Crippen molar-refractivity contribution in [3.8, 4) is 17.3 Å². The second kappa shape index (κ2) is 9.83. The van der Waals surface area contributed by atoms with E-state index >= 15 is 0 Å². The Labute approximate surface area is 228 Å². The third-order valence-electron chi connectivity index (χ3n) is 7.38. The quantitative estimate of drug-likeness (QED) is 0.287. The number of aryl methyl sites for hydroxylation is 3. The summed E-state index contributed by atoms with van der Waals surface area (Å²) >= 11 is 0. The van der Waals surface area contributed by atoms with Gasteiger partial charge in [-0.05, 0) is 74.4 Å². The number of rotatable bonds is 4. The molecule has 1 aliphatic rings. The third kappa shape index (κ3) is 4.36. The number of nitrogens with one attached hydrogen (secondary N) is 1. The zero-order valence-corrected chi connectivity index (χ0v) is 22.6. The number of carbonyl (C=O) groups is 1. The Morgan fingerprint density at radius 2 is 1.77 bits per heavy atom. The van der Waals surface area contributed by atoms with Gasteiger partial charge in [0.1, 0.15) is 11.6 Å². The average Bonchev–Trinajstić information content (AvgIpc) is 3.51. The second-order valence-electron chi connectivity index (χ2n) is 9.99. The van der Waals surface area contributed by atoms with Gasteiger partial charge < -0.3 is 19.5 Å². The summed E-state index contributed by atoms with van der Waals surface area (Å²) < 4.78 is 9.71. The number of anilines is 1. The predicted molar refractivity (Wildman–Crippen MR) is 153 cm³/mol. The molecule has 7 heteroatoms. The van der Waals surface area contributed by atoms with Gasteiger partial charge in [-0.25, -0.2) is 9.48 Å². The summed E-state index contributed by atoms with van der Waals surface area (Å²) in [5, 5.41) is 8.12. The fourth-order valence-corrected chi connectivity index (χ4v) is 5.45. The fraction of sp³-hybridized carbons (Fsp3) is 0.188. The van der Waals surface area contributed by atoms with E-state index in [0.717, 1.165) is 56.6 Å². The molecule has 39 heavy (non-hydrogen) atoms. The first-order valence-electron chi connectivity index (χ1n) is 13.0. The normalized spacial score (nSPS) is 14.4. The topological polar surface area (TPSA) is 64.3 Å². The molecule has 0 fully saturated rings. The smallest absolute Gasteiger partial charge is 0.322 e. The number of carbonyl (C=O) groups excluding carboxylic acids is 1. The van der Waals surface area contributed by atoms with Crippen molar-refractivity contribution in [1.29, 1.82) is 0 Å². The van der Waals surface area contributed by atoms with E-state index in [4.69, 9.17) is 9.84 Å². The maximum atomic E-state index is 14.2. The molecule has 2 aromatic heterocycles. The van der Waals surface area contributed by atoms with Gasteiger partial charge in [-0.3, -0.25) is 0 Å². The lowest BCUT2D eigenvalue weighted by molar-refractivity contribution is 0.194. The Kier molecular flexibility index (Phi) is 6.19. The average molecular weight is 518 g/mol. The number of fused-ring (bicyclic) bond motifs is 3. The van der Waals surface area contributed by atoms with Gasteiger partial charge in [-0.15, -0.1) is 0 Å². The minimum Gasteiger partial charge on any atom is -0.497 e. The number of ether oxygens (including phenoxy) is 1. The van der Waals surface area contributed by atoms with Gasteiger partial charge in [0.2, 0.25) is 0 Å². The minimum atomic E-state index is -0.364. The van der Waals surface area contributed by atoms with Gasteiger partial charge in [0.15, 0.2) is 0 Å². The monoisotopic (exact) mass is 517 g/mol. The van der Waals surface area contributed by atoms with Crippen molar-refractivity contribution in [2.24, 2.45) is 0 Å². The van der Waals surface area contributed by atoms with Crippen molar-refractivity contribution in [2.45, 2.75) is 33.4 Å². The van der Waals surface area contributed by atoms with Crippen molar-refractivity contribution in [3.63, 3.8) is 0 Å². The molecule has 0 saturated heterocycles. The number of nitrogens with zero attached hydrogens (tertiary/aromatic N) is 4. The minimum absolute atomic E-state index is 0.178. The van der Waals surface area contributed by atoms with Crippen molar-refractivity contribution >= 4 is 11.7 Å². The summed E-state index contributed by atoms with van der Waals surface area (Å²) in [6.07, 6.45) is 2.05. The van der Waals surface area contributed by atoms with Gasteiger partial charge in [-0.1, -0.05) is 48.0 Å². The van der Waals surface area contributed by atoms with Crippen molar-refractivity contribution in [1.82, 2.24) is 19.2 Å². The second-order valence-corrected chi connectivity index (χ2v) is 9.99. The van der Waals surface area contributed by atoms with Crippen molar-refractivity contribution < 1.29 is 9.53 Å². The molecule has 6 rings (SSSR count). The zero-order chi connectivity index (χ0) is 27.1. The van der Waals surface area contributed by atoms with Gasteiger partial charge >= 0.3 is 6.03 Å². The molecule has 5 aromatic rings. The molecule has 0 bridgehead atoms. The van der Waals surface area contributed by atoms with Crippen LogP contribution in [-0.2, 0) is 6.54 Å². The van der Waals surface area contributed by atoms with Crippen LogP contribution in [0.15, 0.2) is 91.1 Å². The fourth-order valence-electron chi connectivity index (χ4n) is 5.45. The molecule has 2 amide bonds. The molecule has 0 saturated carbocycles. The summed E-state index contributed by atoms with van der Waals surface area (Å²) in [6.45, 7) is 6.46. The number of amides is 2. The number of hydrogen-bond donors (Lipinski definition) is 1. The van der Waals surface area contributed by atoms with Crippen LogP contribution in [0.2, 0.25) is 0 Å². The van der Waals surface area contributed by atoms with Gasteiger partial charge in [-0.2, -0.15) is 5.10 Å². The van der Waals surface area contributed by atoms with Crippen LogP contribution in [0.4, 0.5) is 10.5 Å². The molecule has 0 radical (unpaired) electrons. The molecule has 3 heterocycles. The van der Waals surface area contributed by atoms with E-state index in [2.05, 4.69) is 28.9 Å². The Balaban J connectivity index is 1.54. The highest BCUT2D eigenvalue weighted by Gasteiger charge is 2.36. The molecular weight excluding hydrogens is 486 g/mol. The van der Waals surface area contributed by atoms with E-state index in [1.807, 2.05) is 102 Å². The summed E-state index contributed by atoms with van der Waals surface area (Å²) in [7, 11) is 1.66. The Hall–Kier alpha value is -4.78. The van der Waals surface area contributed by atoms with E-state index < -0.39 is 0 Å². The van der Waals surface area contributed by atoms with E-state index in [1.165, 1.54) is 0 Å². The molecule has 1 unspecified atom stereocenters. The van der Waals surface area contributed by atoms with Crippen LogP contribution in [0.5, 0.6) is 5.75 Å². The Bertz CT molecular complexity index is 1670. The highest BCUT2D eigenvalue weighted by atomic mass is 16.5. The molecule has 7 nitrogen and oxygen atoms in total. The van der Waals surface area contributed by atoms with Crippen LogP contribution in [0, 0.1) is 20.8 Å². The molecular formula is C32H31N5O2. The van der Waals surface area contributed by atoms with Crippen LogP contribution in [0.3, 0.4) is 0 Å². The lowest BCUT2D eigenvalue weighted by Crippen LogP contribution is -2.38. The van der Waals surface area contributed by atoms with Crippen molar-refractivity contribution in [3.05, 3.63) is 125 Å². The first-order chi connectivity index (χ1) is 18.9. The first-order valence-corrected chi connectivity index (χ1v) is 13.0. The highest BCUT2D eigenvalue weighted by molar-refractivity contribution is 5.91. The summed E-state index contributed by atoms with van der Waals surface area (Å²) in [6, 6.07) is 27.7. The van der Waals surface area contributed by atoms with Crippen LogP contribution < -0.4 is 10.1 Å². The van der Waals surface area contributed by atoms with Gasteiger partial charge in [0, 0.05) is 17.4 Å². The third-order valence-corrected chi connectivity index (χ3v) is 7.38. The summed E-state index contributed by atoms with van der Waals surface area (Å²) in [5.41, 5.74) is 7.75. The van der Waals surface area contributed by atoms with E-state index in [0.29, 0.717) is 6.54 Å². The van der Waals surface area contributed by atoms with Crippen LogP contribution >= 0.6 is 0 Å². The van der Waals surface area contributed by atoms with E-state index in [1.54, 1.807) is 7.11 Å². The zero-order valence-electron chi connectivity index (χ0n) is 22.6. The molecule has 0 spiro atoms. The number of para-hydroxylation sites is 1. The molecule has 1 aliphatic heterocycles. The molecule has 196 valence electrons. The molecule has 1 atom stereocenters. The Morgan fingerprint density at radius 3 is 2.54 bits per heavy atom. The number of methoxy groups -OCH3 is 1. The number of aromatic nitrogens is 3. The largest absolute Gasteiger partial charge is 0.497 e.